The van der Waals surface area contributed by atoms with E-state index in [-0.39, 0.29) is 11.1 Å². The molecule has 4 nitrogen and oxygen atoms in total. The van der Waals surface area contributed by atoms with Gasteiger partial charge in [-0.05, 0) is 28.7 Å². The molecule has 4 heteroatoms. The van der Waals surface area contributed by atoms with E-state index >= 15 is 0 Å². The van der Waals surface area contributed by atoms with Crippen LogP contribution >= 0.6 is 0 Å². The van der Waals surface area contributed by atoms with Gasteiger partial charge in [-0.15, -0.1) is 0 Å². The molecule has 0 atom stereocenters. The SMILES string of the molecule is CON=C(C#N)c1ccccc1COc1cccc(C(C)(C)C)c1. The summed E-state index contributed by atoms with van der Waals surface area (Å²) in [5.74, 6) is 0.805. The van der Waals surface area contributed by atoms with Crippen molar-refractivity contribution in [3.8, 4) is 11.8 Å². The molecule has 0 spiro atoms. The quantitative estimate of drug-likeness (QED) is 0.604. The highest BCUT2D eigenvalue weighted by molar-refractivity contribution is 6.12. The number of nitrogens with zero attached hydrogens (tertiary/aromatic N) is 2. The lowest BCUT2D eigenvalue weighted by Gasteiger charge is -2.20. The summed E-state index contributed by atoms with van der Waals surface area (Å²) in [4.78, 5) is 4.74. The van der Waals surface area contributed by atoms with Crippen molar-refractivity contribution >= 4 is 5.71 Å². The van der Waals surface area contributed by atoms with E-state index in [4.69, 9.17) is 9.57 Å². The van der Waals surface area contributed by atoms with Crippen molar-refractivity contribution in [1.82, 2.24) is 0 Å². The maximum Gasteiger partial charge on any atom is 0.187 e. The highest BCUT2D eigenvalue weighted by Gasteiger charge is 2.14. The average molecular weight is 322 g/mol. The Kier molecular flexibility index (Phi) is 5.59. The van der Waals surface area contributed by atoms with Crippen LogP contribution in [-0.2, 0) is 16.9 Å². The van der Waals surface area contributed by atoms with Gasteiger partial charge in [-0.25, -0.2) is 0 Å². The molecule has 0 aliphatic rings. The van der Waals surface area contributed by atoms with Crippen LogP contribution in [0.25, 0.3) is 0 Å². The van der Waals surface area contributed by atoms with Crippen LogP contribution in [0.15, 0.2) is 53.7 Å². The number of ether oxygens (including phenoxy) is 1. The van der Waals surface area contributed by atoms with Crippen LogP contribution < -0.4 is 4.74 Å². The van der Waals surface area contributed by atoms with Gasteiger partial charge in [0.05, 0.1) is 0 Å². The second-order valence-electron chi connectivity index (χ2n) is 6.46. The number of nitriles is 1. The Labute approximate surface area is 143 Å². The normalized spacial score (nSPS) is 11.7. The monoisotopic (exact) mass is 322 g/mol. The molecule has 0 heterocycles. The van der Waals surface area contributed by atoms with E-state index in [1.54, 1.807) is 0 Å². The smallest absolute Gasteiger partial charge is 0.187 e. The van der Waals surface area contributed by atoms with Crippen molar-refractivity contribution in [3.05, 3.63) is 65.2 Å². The molecular weight excluding hydrogens is 300 g/mol. The van der Waals surface area contributed by atoms with E-state index in [2.05, 4.69) is 44.1 Å². The van der Waals surface area contributed by atoms with Crippen molar-refractivity contribution < 1.29 is 9.57 Å². The van der Waals surface area contributed by atoms with Gasteiger partial charge < -0.3 is 9.57 Å². The van der Waals surface area contributed by atoms with Gasteiger partial charge in [0.2, 0.25) is 0 Å². The highest BCUT2D eigenvalue weighted by atomic mass is 16.6. The Balaban J connectivity index is 2.22. The molecule has 2 aromatic rings. The third-order valence-corrected chi connectivity index (χ3v) is 3.66. The van der Waals surface area contributed by atoms with Crippen LogP contribution in [0.1, 0.15) is 37.5 Å². The van der Waals surface area contributed by atoms with Crippen LogP contribution in [-0.4, -0.2) is 12.8 Å². The summed E-state index contributed by atoms with van der Waals surface area (Å²) in [6.07, 6.45) is 0. The summed E-state index contributed by atoms with van der Waals surface area (Å²) in [5, 5.41) is 13.0. The molecule has 24 heavy (non-hydrogen) atoms. The second kappa shape index (κ2) is 7.65. The molecule has 0 aliphatic heterocycles. The molecule has 0 aliphatic carbocycles. The molecule has 0 N–H and O–H groups in total. The largest absolute Gasteiger partial charge is 0.489 e. The molecule has 0 bridgehead atoms. The first-order chi connectivity index (χ1) is 11.5. The zero-order chi connectivity index (χ0) is 17.6. The Morgan fingerprint density at radius 1 is 1.12 bits per heavy atom. The van der Waals surface area contributed by atoms with Crippen molar-refractivity contribution in [2.24, 2.45) is 5.16 Å². The van der Waals surface area contributed by atoms with Gasteiger partial charge >= 0.3 is 0 Å². The first kappa shape index (κ1) is 17.6. The lowest BCUT2D eigenvalue weighted by Crippen LogP contribution is -2.11. The maximum atomic E-state index is 9.24. The Hall–Kier alpha value is -2.80. The molecule has 0 unspecified atom stereocenters. The Bertz CT molecular complexity index is 768. The molecule has 0 radical (unpaired) electrons. The van der Waals surface area contributed by atoms with Gasteiger partial charge in [-0.2, -0.15) is 5.26 Å². The minimum absolute atomic E-state index is 0.0659. The van der Waals surface area contributed by atoms with Crippen LogP contribution in [0.5, 0.6) is 5.75 Å². The molecule has 2 aromatic carbocycles. The van der Waals surface area contributed by atoms with E-state index in [0.717, 1.165) is 11.3 Å². The molecule has 0 fully saturated rings. The van der Waals surface area contributed by atoms with Crippen molar-refractivity contribution in [3.63, 3.8) is 0 Å². The number of hydrogen-bond acceptors (Lipinski definition) is 4. The molecule has 0 saturated heterocycles. The minimum atomic E-state index is 0.0659. The summed E-state index contributed by atoms with van der Waals surface area (Å²) in [6.45, 7) is 6.86. The fourth-order valence-corrected chi connectivity index (χ4v) is 2.31. The fraction of sp³-hybridized carbons (Fsp3) is 0.300. The molecule has 0 amide bonds. The minimum Gasteiger partial charge on any atom is -0.489 e. The molecule has 0 saturated carbocycles. The average Bonchev–Trinajstić information content (AvgIpc) is 2.58. The predicted octanol–water partition coefficient (Wildman–Crippen LogP) is 4.44. The second-order valence-corrected chi connectivity index (χ2v) is 6.46. The van der Waals surface area contributed by atoms with Gasteiger partial charge in [0.25, 0.3) is 0 Å². The highest BCUT2D eigenvalue weighted by Crippen LogP contribution is 2.26. The van der Waals surface area contributed by atoms with E-state index in [1.165, 1.54) is 12.7 Å². The third kappa shape index (κ3) is 4.36. The Morgan fingerprint density at radius 3 is 2.54 bits per heavy atom. The van der Waals surface area contributed by atoms with Gasteiger partial charge in [0.15, 0.2) is 5.71 Å². The molecule has 0 aromatic heterocycles. The van der Waals surface area contributed by atoms with Crippen molar-refractivity contribution in [2.45, 2.75) is 32.8 Å². The van der Waals surface area contributed by atoms with E-state index in [1.807, 2.05) is 36.4 Å². The van der Waals surface area contributed by atoms with Crippen LogP contribution in [0.2, 0.25) is 0 Å². The lowest BCUT2D eigenvalue weighted by molar-refractivity contribution is 0.214. The molecular formula is C20H22N2O2. The van der Waals surface area contributed by atoms with Crippen molar-refractivity contribution in [2.75, 3.05) is 7.11 Å². The summed E-state index contributed by atoms with van der Waals surface area (Å²) in [7, 11) is 1.43. The summed E-state index contributed by atoms with van der Waals surface area (Å²) in [5.41, 5.74) is 3.12. The van der Waals surface area contributed by atoms with Gasteiger partial charge in [0.1, 0.15) is 25.5 Å². The summed E-state index contributed by atoms with van der Waals surface area (Å²) in [6, 6.07) is 17.7. The van der Waals surface area contributed by atoms with Crippen LogP contribution in [0.4, 0.5) is 0 Å². The van der Waals surface area contributed by atoms with Crippen LogP contribution in [0.3, 0.4) is 0 Å². The zero-order valence-corrected chi connectivity index (χ0v) is 14.5. The first-order valence-electron chi connectivity index (χ1n) is 7.78. The number of oxime groups is 1. The number of benzene rings is 2. The lowest BCUT2D eigenvalue weighted by atomic mass is 9.87. The van der Waals surface area contributed by atoms with E-state index < -0.39 is 0 Å². The zero-order valence-electron chi connectivity index (χ0n) is 14.5. The van der Waals surface area contributed by atoms with Crippen LogP contribution in [0, 0.1) is 11.3 Å². The maximum absolute atomic E-state index is 9.24. The number of hydrogen-bond donors (Lipinski definition) is 0. The first-order valence-corrected chi connectivity index (χ1v) is 7.78. The van der Waals surface area contributed by atoms with Gasteiger partial charge in [-0.3, -0.25) is 0 Å². The molecule has 2 rings (SSSR count). The predicted molar refractivity (Wildman–Crippen MR) is 95.1 cm³/mol. The standard InChI is InChI=1S/C20H22N2O2/c1-20(2,3)16-9-7-10-17(12-16)24-14-15-8-5-6-11-18(15)19(13-21)22-23-4/h5-12H,14H2,1-4H3. The topological polar surface area (TPSA) is 54.6 Å². The molecule has 124 valence electrons. The van der Waals surface area contributed by atoms with E-state index in [0.29, 0.717) is 12.2 Å². The van der Waals surface area contributed by atoms with Crippen molar-refractivity contribution in [1.29, 1.82) is 5.26 Å². The fourth-order valence-electron chi connectivity index (χ4n) is 2.31. The summed E-state index contributed by atoms with van der Waals surface area (Å²) < 4.78 is 5.94. The third-order valence-electron chi connectivity index (χ3n) is 3.66. The number of rotatable bonds is 5. The van der Waals surface area contributed by atoms with E-state index in [9.17, 15) is 5.26 Å². The Morgan fingerprint density at radius 2 is 1.88 bits per heavy atom. The van der Waals surface area contributed by atoms with Gasteiger partial charge in [-0.1, -0.05) is 62.3 Å². The summed E-state index contributed by atoms with van der Waals surface area (Å²) >= 11 is 0. The van der Waals surface area contributed by atoms with Gasteiger partial charge in [0, 0.05) is 5.56 Å².